The summed E-state index contributed by atoms with van der Waals surface area (Å²) in [7, 11) is 0. The minimum atomic E-state index is 1.12. The molecule has 48 heavy (non-hydrogen) atoms. The molecule has 8 aromatic carbocycles. The van der Waals surface area contributed by atoms with Crippen LogP contribution in [0.1, 0.15) is 0 Å². The van der Waals surface area contributed by atoms with Gasteiger partial charge in [-0.3, -0.25) is 0 Å². The van der Waals surface area contributed by atoms with Gasteiger partial charge in [0.05, 0.1) is 0 Å². The highest BCUT2D eigenvalue weighted by molar-refractivity contribution is 7.26. The molecule has 9 rings (SSSR count). The van der Waals surface area contributed by atoms with Crippen LogP contribution in [-0.4, -0.2) is 0 Å². The first-order valence-electron chi connectivity index (χ1n) is 16.3. The molecule has 0 radical (unpaired) electrons. The second kappa shape index (κ2) is 12.0. The van der Waals surface area contributed by atoms with E-state index in [1.54, 1.807) is 0 Å². The van der Waals surface area contributed by atoms with E-state index in [2.05, 4.69) is 193 Å². The number of hydrogen-bond acceptors (Lipinski definition) is 2. The van der Waals surface area contributed by atoms with Gasteiger partial charge in [0.25, 0.3) is 0 Å². The molecule has 0 bridgehead atoms. The van der Waals surface area contributed by atoms with E-state index in [0.717, 1.165) is 17.1 Å². The first-order valence-corrected chi connectivity index (χ1v) is 17.2. The first kappa shape index (κ1) is 28.3. The first-order chi connectivity index (χ1) is 23.8. The smallest absolute Gasteiger partial charge is 0.0462 e. The highest BCUT2D eigenvalue weighted by atomic mass is 32.1. The standard InChI is InChI=1S/C46H31NS/c1-3-12-32(13-4-1)35-15-11-16-36(30-35)33-22-26-39(27-23-33)47(38-17-5-2-6-18-38)40-28-24-34(25-29-40)43-31-37-14-7-8-19-41(37)45-42-20-9-10-21-44(42)48-46(43)45/h1-31H. The monoisotopic (exact) mass is 629 g/mol. The van der Waals surface area contributed by atoms with E-state index < -0.39 is 0 Å². The molecule has 0 aliphatic heterocycles. The third kappa shape index (κ3) is 5.04. The van der Waals surface area contributed by atoms with Crippen LogP contribution in [0.2, 0.25) is 0 Å². The second-order valence-electron chi connectivity index (χ2n) is 12.2. The Labute approximate surface area is 284 Å². The molecule has 9 aromatic rings. The van der Waals surface area contributed by atoms with Crippen molar-refractivity contribution >= 4 is 59.3 Å². The van der Waals surface area contributed by atoms with Gasteiger partial charge < -0.3 is 4.90 Å². The molecule has 2 heteroatoms. The van der Waals surface area contributed by atoms with Gasteiger partial charge in [-0.05, 0) is 93.2 Å². The van der Waals surface area contributed by atoms with Crippen molar-refractivity contribution in [3.05, 3.63) is 188 Å². The molecule has 1 nitrogen and oxygen atoms in total. The van der Waals surface area contributed by atoms with E-state index in [1.807, 2.05) is 11.3 Å². The van der Waals surface area contributed by atoms with E-state index in [0.29, 0.717) is 0 Å². The van der Waals surface area contributed by atoms with Crippen molar-refractivity contribution in [2.75, 3.05) is 4.90 Å². The van der Waals surface area contributed by atoms with E-state index in [-0.39, 0.29) is 0 Å². The molecule has 226 valence electrons. The lowest BCUT2D eigenvalue weighted by atomic mass is 9.96. The van der Waals surface area contributed by atoms with E-state index in [4.69, 9.17) is 0 Å². The topological polar surface area (TPSA) is 3.24 Å². The van der Waals surface area contributed by atoms with Gasteiger partial charge in [-0.25, -0.2) is 0 Å². The molecule has 1 heterocycles. The van der Waals surface area contributed by atoms with Gasteiger partial charge in [0.2, 0.25) is 0 Å². The highest BCUT2D eigenvalue weighted by Crippen LogP contribution is 2.45. The molecule has 0 unspecified atom stereocenters. The van der Waals surface area contributed by atoms with Crippen LogP contribution >= 0.6 is 11.3 Å². The van der Waals surface area contributed by atoms with Crippen molar-refractivity contribution in [2.45, 2.75) is 0 Å². The number of nitrogens with zero attached hydrogens (tertiary/aromatic N) is 1. The average molecular weight is 630 g/mol. The molecular formula is C46H31NS. The lowest BCUT2D eigenvalue weighted by molar-refractivity contribution is 1.28. The molecule has 1 aromatic heterocycles. The van der Waals surface area contributed by atoms with E-state index in [9.17, 15) is 0 Å². The maximum atomic E-state index is 2.36. The zero-order valence-corrected chi connectivity index (χ0v) is 27.1. The van der Waals surface area contributed by atoms with Gasteiger partial charge in [-0.15, -0.1) is 11.3 Å². The second-order valence-corrected chi connectivity index (χ2v) is 13.2. The summed E-state index contributed by atoms with van der Waals surface area (Å²) >= 11 is 1.89. The number of rotatable bonds is 6. The zero-order chi connectivity index (χ0) is 31.9. The van der Waals surface area contributed by atoms with Crippen LogP contribution in [0.3, 0.4) is 0 Å². The van der Waals surface area contributed by atoms with Gasteiger partial charge in [0.15, 0.2) is 0 Å². The Morgan fingerprint density at radius 3 is 1.58 bits per heavy atom. The summed E-state index contributed by atoms with van der Waals surface area (Å²) in [6.07, 6.45) is 0. The molecule has 0 fully saturated rings. The fraction of sp³-hybridized carbons (Fsp3) is 0. The SMILES string of the molecule is c1ccc(-c2cccc(-c3ccc(N(c4ccccc4)c4ccc(-c5cc6ccccc6c6c5sc5ccccc56)cc4)cc3)c2)cc1. The lowest BCUT2D eigenvalue weighted by Gasteiger charge is -2.26. The van der Waals surface area contributed by atoms with E-state index >= 15 is 0 Å². The summed E-state index contributed by atoms with van der Waals surface area (Å²) in [6, 6.07) is 67.9. The Kier molecular flexibility index (Phi) is 7.07. The maximum Gasteiger partial charge on any atom is 0.0462 e. The molecule has 0 spiro atoms. The van der Waals surface area contributed by atoms with Crippen molar-refractivity contribution < 1.29 is 0 Å². The Bertz CT molecular complexity index is 2530. The zero-order valence-electron chi connectivity index (χ0n) is 26.3. The molecule has 0 aliphatic rings. The van der Waals surface area contributed by atoms with Crippen molar-refractivity contribution in [1.29, 1.82) is 0 Å². The molecule has 0 saturated heterocycles. The normalized spacial score (nSPS) is 11.3. The fourth-order valence-electron chi connectivity index (χ4n) is 6.91. The minimum absolute atomic E-state index is 1.12. The summed E-state index contributed by atoms with van der Waals surface area (Å²) in [5.41, 5.74) is 10.7. The maximum absolute atomic E-state index is 2.36. The number of anilines is 3. The number of para-hydroxylation sites is 1. The van der Waals surface area contributed by atoms with Crippen molar-refractivity contribution in [1.82, 2.24) is 0 Å². The molecule has 0 amide bonds. The summed E-state index contributed by atoms with van der Waals surface area (Å²) in [4.78, 5) is 2.34. The molecule has 0 N–H and O–H groups in total. The van der Waals surface area contributed by atoms with Crippen LogP contribution in [-0.2, 0) is 0 Å². The Balaban J connectivity index is 1.11. The van der Waals surface area contributed by atoms with Crippen LogP contribution in [0.5, 0.6) is 0 Å². The van der Waals surface area contributed by atoms with Crippen LogP contribution in [0.15, 0.2) is 188 Å². The molecule has 0 aliphatic carbocycles. The summed E-state index contributed by atoms with van der Waals surface area (Å²) in [5, 5.41) is 5.27. The number of thiophene rings is 1. The number of hydrogen-bond donors (Lipinski definition) is 0. The van der Waals surface area contributed by atoms with Gasteiger partial charge in [-0.2, -0.15) is 0 Å². The largest absolute Gasteiger partial charge is 0.311 e. The van der Waals surface area contributed by atoms with Crippen LogP contribution < -0.4 is 4.90 Å². The average Bonchev–Trinajstić information content (AvgIpc) is 3.56. The summed E-state index contributed by atoms with van der Waals surface area (Å²) < 4.78 is 2.67. The number of benzene rings is 8. The van der Waals surface area contributed by atoms with Gasteiger partial charge in [0, 0.05) is 42.8 Å². The molecule has 0 saturated carbocycles. The summed E-state index contributed by atoms with van der Waals surface area (Å²) in [5.74, 6) is 0. The molecular weight excluding hydrogens is 599 g/mol. The van der Waals surface area contributed by atoms with Crippen molar-refractivity contribution in [2.24, 2.45) is 0 Å². The highest BCUT2D eigenvalue weighted by Gasteiger charge is 2.16. The number of fused-ring (bicyclic) bond motifs is 5. The van der Waals surface area contributed by atoms with Crippen molar-refractivity contribution in [3.63, 3.8) is 0 Å². The van der Waals surface area contributed by atoms with Crippen LogP contribution in [0.25, 0.3) is 64.3 Å². The summed E-state index contributed by atoms with van der Waals surface area (Å²) in [6.45, 7) is 0. The minimum Gasteiger partial charge on any atom is -0.311 e. The van der Waals surface area contributed by atoms with E-state index in [1.165, 1.54) is 64.3 Å². The predicted octanol–water partition coefficient (Wildman–Crippen LogP) is 13.7. The van der Waals surface area contributed by atoms with Crippen molar-refractivity contribution in [3.8, 4) is 33.4 Å². The van der Waals surface area contributed by atoms with Gasteiger partial charge >= 0.3 is 0 Å². The quantitative estimate of drug-likeness (QED) is 0.177. The lowest BCUT2D eigenvalue weighted by Crippen LogP contribution is -2.09. The van der Waals surface area contributed by atoms with Gasteiger partial charge in [-0.1, -0.05) is 133 Å². The van der Waals surface area contributed by atoms with Gasteiger partial charge in [0.1, 0.15) is 0 Å². The Hall–Kier alpha value is -5.96. The third-order valence-corrected chi connectivity index (χ3v) is 10.5. The predicted molar refractivity (Wildman–Crippen MR) is 208 cm³/mol. The Morgan fingerprint density at radius 1 is 0.354 bits per heavy atom. The Morgan fingerprint density at radius 2 is 0.875 bits per heavy atom. The third-order valence-electron chi connectivity index (χ3n) is 9.25. The molecule has 0 atom stereocenters. The fourth-order valence-corrected chi connectivity index (χ4v) is 8.17. The van der Waals surface area contributed by atoms with Crippen LogP contribution in [0.4, 0.5) is 17.1 Å². The van der Waals surface area contributed by atoms with Crippen LogP contribution in [0, 0.1) is 0 Å².